The molecule has 0 bridgehead atoms. The summed E-state index contributed by atoms with van der Waals surface area (Å²) in [6.07, 6.45) is 5.36. The lowest BCUT2D eigenvalue weighted by Crippen LogP contribution is -1.99. The van der Waals surface area contributed by atoms with Crippen LogP contribution in [0.25, 0.3) is 27.6 Å². The summed E-state index contributed by atoms with van der Waals surface area (Å²) in [6.45, 7) is 2.06. The summed E-state index contributed by atoms with van der Waals surface area (Å²) < 4.78 is 15.4. The highest BCUT2D eigenvalue weighted by Gasteiger charge is 2.16. The van der Waals surface area contributed by atoms with Gasteiger partial charge in [0.1, 0.15) is 5.82 Å². The first-order chi connectivity index (χ1) is 11.7. The van der Waals surface area contributed by atoms with Gasteiger partial charge in [0, 0.05) is 23.6 Å². The van der Waals surface area contributed by atoms with Crippen molar-refractivity contribution in [3.05, 3.63) is 77.8 Å². The number of imidazole rings is 1. The summed E-state index contributed by atoms with van der Waals surface area (Å²) in [6, 6.07) is 12.5. The predicted molar refractivity (Wildman–Crippen MR) is 94.8 cm³/mol. The Hall–Kier alpha value is -2.79. The van der Waals surface area contributed by atoms with Crippen LogP contribution < -0.4 is 0 Å². The quantitative estimate of drug-likeness (QED) is 0.521. The van der Waals surface area contributed by atoms with Crippen LogP contribution in [0.2, 0.25) is 0 Å². The number of aromatic nitrogens is 3. The Bertz CT molecular complexity index is 972. The minimum atomic E-state index is -0.252. The topological polar surface area (TPSA) is 30.7 Å². The van der Waals surface area contributed by atoms with E-state index in [9.17, 15) is 4.39 Å². The van der Waals surface area contributed by atoms with E-state index in [0.29, 0.717) is 0 Å². The van der Waals surface area contributed by atoms with Crippen molar-refractivity contribution < 1.29 is 4.39 Å². The van der Waals surface area contributed by atoms with E-state index in [4.69, 9.17) is 0 Å². The van der Waals surface area contributed by atoms with Crippen LogP contribution in [0.1, 0.15) is 5.56 Å². The van der Waals surface area contributed by atoms with Crippen molar-refractivity contribution in [2.75, 3.05) is 0 Å². The van der Waals surface area contributed by atoms with Crippen molar-refractivity contribution in [1.82, 2.24) is 14.5 Å². The Morgan fingerprint density at radius 2 is 1.79 bits per heavy atom. The highest BCUT2D eigenvalue weighted by molar-refractivity contribution is 7.13. The number of rotatable bonds is 3. The number of hydrogen-bond acceptors (Lipinski definition) is 3. The maximum absolute atomic E-state index is 13.3. The first kappa shape index (κ1) is 14.8. The van der Waals surface area contributed by atoms with E-state index in [0.717, 1.165) is 27.6 Å². The van der Waals surface area contributed by atoms with Gasteiger partial charge in [0.05, 0.1) is 16.8 Å². The van der Waals surface area contributed by atoms with Gasteiger partial charge in [0.15, 0.2) is 5.82 Å². The Kier molecular flexibility index (Phi) is 3.70. The summed E-state index contributed by atoms with van der Waals surface area (Å²) in [4.78, 5) is 9.79. The fraction of sp³-hybridized carbons (Fsp3) is 0.0526. The SMILES string of the molecule is Cc1csc(-c2ncc(-c3ccncc3)n2-c2ccc(F)cc2)c1. The molecule has 4 aromatic rings. The molecule has 0 saturated carbocycles. The largest absolute Gasteiger partial charge is 0.292 e. The maximum atomic E-state index is 13.3. The predicted octanol–water partition coefficient (Wildman–Crippen LogP) is 5.11. The van der Waals surface area contributed by atoms with Crippen LogP contribution in [0.15, 0.2) is 66.4 Å². The molecule has 24 heavy (non-hydrogen) atoms. The third-order valence-electron chi connectivity index (χ3n) is 3.77. The van der Waals surface area contributed by atoms with Crippen molar-refractivity contribution in [1.29, 1.82) is 0 Å². The molecule has 0 aliphatic carbocycles. The van der Waals surface area contributed by atoms with Crippen LogP contribution in [0.3, 0.4) is 0 Å². The fourth-order valence-electron chi connectivity index (χ4n) is 2.65. The number of aryl methyl sites for hydroxylation is 1. The first-order valence-corrected chi connectivity index (χ1v) is 8.40. The van der Waals surface area contributed by atoms with Crippen molar-refractivity contribution in [2.24, 2.45) is 0 Å². The molecule has 1 aromatic carbocycles. The smallest absolute Gasteiger partial charge is 0.155 e. The highest BCUT2D eigenvalue weighted by Crippen LogP contribution is 2.33. The molecule has 118 valence electrons. The van der Waals surface area contributed by atoms with E-state index in [1.54, 1.807) is 35.9 Å². The normalized spacial score (nSPS) is 10.9. The Labute approximate surface area is 143 Å². The summed E-state index contributed by atoms with van der Waals surface area (Å²) in [5, 5.41) is 2.10. The molecular weight excluding hydrogens is 321 g/mol. The van der Waals surface area contributed by atoms with E-state index in [-0.39, 0.29) is 5.82 Å². The number of thiophene rings is 1. The molecule has 3 nitrogen and oxygen atoms in total. The van der Waals surface area contributed by atoms with E-state index >= 15 is 0 Å². The monoisotopic (exact) mass is 335 g/mol. The van der Waals surface area contributed by atoms with Crippen molar-refractivity contribution >= 4 is 11.3 Å². The van der Waals surface area contributed by atoms with Gasteiger partial charge in [-0.15, -0.1) is 11.3 Å². The zero-order chi connectivity index (χ0) is 16.5. The van der Waals surface area contributed by atoms with Crippen LogP contribution >= 0.6 is 11.3 Å². The third kappa shape index (κ3) is 2.63. The second-order valence-corrected chi connectivity index (χ2v) is 6.41. The lowest BCUT2D eigenvalue weighted by Gasteiger charge is -2.11. The van der Waals surface area contributed by atoms with E-state index in [2.05, 4.69) is 32.9 Å². The van der Waals surface area contributed by atoms with Gasteiger partial charge in [-0.1, -0.05) is 0 Å². The molecule has 3 heterocycles. The highest BCUT2D eigenvalue weighted by atomic mass is 32.1. The summed E-state index contributed by atoms with van der Waals surface area (Å²) >= 11 is 1.65. The molecule has 0 radical (unpaired) electrons. The van der Waals surface area contributed by atoms with E-state index < -0.39 is 0 Å². The zero-order valence-electron chi connectivity index (χ0n) is 13.0. The number of benzene rings is 1. The van der Waals surface area contributed by atoms with E-state index in [1.165, 1.54) is 17.7 Å². The summed E-state index contributed by atoms with van der Waals surface area (Å²) in [5.74, 6) is 0.601. The second kappa shape index (κ2) is 6.02. The lowest BCUT2D eigenvalue weighted by atomic mass is 10.2. The van der Waals surface area contributed by atoms with Gasteiger partial charge in [-0.3, -0.25) is 9.55 Å². The zero-order valence-corrected chi connectivity index (χ0v) is 13.8. The van der Waals surface area contributed by atoms with Crippen LogP contribution in [-0.4, -0.2) is 14.5 Å². The molecule has 4 rings (SSSR count). The lowest BCUT2D eigenvalue weighted by molar-refractivity contribution is 0.627. The molecule has 0 amide bonds. The van der Waals surface area contributed by atoms with Crippen molar-refractivity contribution in [2.45, 2.75) is 6.92 Å². The molecule has 0 aliphatic heterocycles. The van der Waals surface area contributed by atoms with Crippen molar-refractivity contribution in [3.63, 3.8) is 0 Å². The first-order valence-electron chi connectivity index (χ1n) is 7.52. The van der Waals surface area contributed by atoms with Crippen molar-refractivity contribution in [3.8, 4) is 27.6 Å². The van der Waals surface area contributed by atoms with E-state index in [1.807, 2.05) is 18.3 Å². The van der Waals surface area contributed by atoms with Crippen LogP contribution in [0.5, 0.6) is 0 Å². The summed E-state index contributed by atoms with van der Waals surface area (Å²) in [5.41, 5.74) is 4.04. The number of nitrogens with zero attached hydrogens (tertiary/aromatic N) is 3. The molecule has 0 spiro atoms. The standard InChI is InChI=1S/C19H14FN3S/c1-13-10-18(24-12-13)19-22-11-17(14-6-8-21-9-7-14)23(19)16-4-2-15(20)3-5-16/h2-12H,1H3. The minimum Gasteiger partial charge on any atom is -0.292 e. The number of halogens is 1. The Morgan fingerprint density at radius 1 is 1.04 bits per heavy atom. The summed E-state index contributed by atoms with van der Waals surface area (Å²) in [7, 11) is 0. The van der Waals surface area contributed by atoms with Crippen LogP contribution in [0.4, 0.5) is 4.39 Å². The molecule has 0 aliphatic rings. The molecule has 3 aromatic heterocycles. The maximum Gasteiger partial charge on any atom is 0.155 e. The van der Waals surface area contributed by atoms with Gasteiger partial charge in [0.2, 0.25) is 0 Å². The molecule has 0 saturated heterocycles. The molecule has 0 fully saturated rings. The molecule has 5 heteroatoms. The van der Waals surface area contributed by atoms with Crippen LogP contribution in [-0.2, 0) is 0 Å². The van der Waals surface area contributed by atoms with Gasteiger partial charge in [-0.05, 0) is 60.3 Å². The molecule has 0 unspecified atom stereocenters. The fourth-order valence-corrected chi connectivity index (χ4v) is 3.54. The average Bonchev–Trinajstić information content (AvgIpc) is 3.22. The van der Waals surface area contributed by atoms with Gasteiger partial charge in [-0.25, -0.2) is 9.37 Å². The number of pyridine rings is 1. The van der Waals surface area contributed by atoms with Gasteiger partial charge in [-0.2, -0.15) is 0 Å². The Morgan fingerprint density at radius 3 is 2.46 bits per heavy atom. The average molecular weight is 335 g/mol. The van der Waals surface area contributed by atoms with Gasteiger partial charge < -0.3 is 0 Å². The minimum absolute atomic E-state index is 0.252. The molecular formula is C19H14FN3S. The molecule has 0 atom stereocenters. The molecule has 0 N–H and O–H groups in total. The van der Waals surface area contributed by atoms with Gasteiger partial charge >= 0.3 is 0 Å². The Balaban J connectivity index is 1.95. The second-order valence-electron chi connectivity index (χ2n) is 5.50. The third-order valence-corrected chi connectivity index (χ3v) is 4.82. The van der Waals surface area contributed by atoms with Crippen LogP contribution in [0, 0.1) is 12.7 Å². The number of hydrogen-bond donors (Lipinski definition) is 0. The van der Waals surface area contributed by atoms with Gasteiger partial charge in [0.25, 0.3) is 0 Å².